The van der Waals surface area contributed by atoms with Crippen LogP contribution in [0.25, 0.3) is 0 Å². The van der Waals surface area contributed by atoms with Crippen LogP contribution in [0.15, 0.2) is 27.6 Å². The van der Waals surface area contributed by atoms with Crippen LogP contribution in [0, 0.1) is 0 Å². The predicted octanol–water partition coefficient (Wildman–Crippen LogP) is 2.43. The van der Waals surface area contributed by atoms with Crippen LogP contribution in [-0.4, -0.2) is 19.7 Å². The third kappa shape index (κ3) is 1.49. The third-order valence-corrected chi connectivity index (χ3v) is 5.86. The van der Waals surface area contributed by atoms with Crippen LogP contribution in [0.1, 0.15) is 13.8 Å². The van der Waals surface area contributed by atoms with Crippen molar-refractivity contribution in [2.75, 3.05) is 11.9 Å². The van der Waals surface area contributed by atoms with Gasteiger partial charge in [0, 0.05) is 11.0 Å². The molecule has 5 heteroatoms. The van der Waals surface area contributed by atoms with Gasteiger partial charge in [0.2, 0.25) is 0 Å². The second kappa shape index (κ2) is 3.22. The first-order chi connectivity index (χ1) is 6.86. The Kier molecular flexibility index (Phi) is 2.35. The number of halogens is 1. The maximum Gasteiger partial charge on any atom is 0.187 e. The van der Waals surface area contributed by atoms with E-state index in [1.165, 1.54) is 0 Å². The molecule has 0 aliphatic carbocycles. The zero-order valence-corrected chi connectivity index (χ0v) is 10.9. The second-order valence-corrected chi connectivity index (χ2v) is 7.64. The first kappa shape index (κ1) is 11.0. The Bertz CT molecular complexity index is 508. The number of benzene rings is 1. The van der Waals surface area contributed by atoms with Crippen LogP contribution in [0.2, 0.25) is 0 Å². The van der Waals surface area contributed by atoms with Crippen LogP contribution < -0.4 is 5.32 Å². The largest absolute Gasteiger partial charge is 0.381 e. The summed E-state index contributed by atoms with van der Waals surface area (Å²) in [5.74, 6) is 0. The second-order valence-electron chi connectivity index (χ2n) is 4.23. The molecule has 0 radical (unpaired) electrons. The number of nitrogens with one attached hydrogen (secondary N) is 1. The van der Waals surface area contributed by atoms with E-state index in [9.17, 15) is 8.42 Å². The summed E-state index contributed by atoms with van der Waals surface area (Å²) in [5.41, 5.74) is 0.678. The van der Waals surface area contributed by atoms with E-state index in [1.807, 2.05) is 6.07 Å². The van der Waals surface area contributed by atoms with Gasteiger partial charge >= 0.3 is 0 Å². The van der Waals surface area contributed by atoms with E-state index in [1.54, 1.807) is 26.0 Å². The Hall–Kier alpha value is -0.550. The molecule has 1 aliphatic heterocycles. The molecule has 1 heterocycles. The lowest BCUT2D eigenvalue weighted by atomic mass is 10.2. The van der Waals surface area contributed by atoms with E-state index in [0.717, 1.165) is 4.47 Å². The first-order valence-electron chi connectivity index (χ1n) is 4.63. The molecule has 1 N–H and O–H groups in total. The molecule has 0 aromatic heterocycles. The number of anilines is 1. The Morgan fingerprint density at radius 1 is 1.40 bits per heavy atom. The van der Waals surface area contributed by atoms with Gasteiger partial charge in [0.1, 0.15) is 0 Å². The minimum atomic E-state index is -3.24. The molecule has 3 nitrogen and oxygen atoms in total. The van der Waals surface area contributed by atoms with Gasteiger partial charge in [-0.15, -0.1) is 0 Å². The van der Waals surface area contributed by atoms with Crippen LogP contribution in [0.3, 0.4) is 0 Å². The van der Waals surface area contributed by atoms with Gasteiger partial charge in [-0.25, -0.2) is 8.42 Å². The Morgan fingerprint density at radius 3 is 2.73 bits per heavy atom. The van der Waals surface area contributed by atoms with Gasteiger partial charge in [0.25, 0.3) is 0 Å². The highest BCUT2D eigenvalue weighted by Gasteiger charge is 2.41. The molecule has 0 bridgehead atoms. The Labute approximate surface area is 97.9 Å². The fourth-order valence-corrected chi connectivity index (χ4v) is 3.80. The van der Waals surface area contributed by atoms with Crippen LogP contribution in [0.5, 0.6) is 0 Å². The quantitative estimate of drug-likeness (QED) is 0.798. The molecule has 15 heavy (non-hydrogen) atoms. The number of sulfone groups is 1. The summed E-state index contributed by atoms with van der Waals surface area (Å²) in [5, 5.41) is 3.15. The third-order valence-electron chi connectivity index (χ3n) is 2.68. The molecule has 0 spiro atoms. The van der Waals surface area contributed by atoms with Gasteiger partial charge in [-0.05, 0) is 41.9 Å². The molecule has 0 saturated carbocycles. The van der Waals surface area contributed by atoms with Crippen molar-refractivity contribution in [1.82, 2.24) is 0 Å². The van der Waals surface area contributed by atoms with Crippen molar-refractivity contribution >= 4 is 31.5 Å². The van der Waals surface area contributed by atoms with E-state index < -0.39 is 14.6 Å². The van der Waals surface area contributed by atoms with Crippen LogP contribution >= 0.6 is 15.9 Å². The van der Waals surface area contributed by atoms with Gasteiger partial charge in [0.15, 0.2) is 9.84 Å². The number of hydrogen-bond donors (Lipinski definition) is 1. The van der Waals surface area contributed by atoms with Gasteiger partial charge in [0.05, 0.1) is 15.3 Å². The maximum absolute atomic E-state index is 12.2. The summed E-state index contributed by atoms with van der Waals surface area (Å²) >= 11 is 3.34. The SMILES string of the molecule is CC1(C)CNc2c(Br)cccc2S1(=O)=O. The highest BCUT2D eigenvalue weighted by molar-refractivity contribution is 9.10. The summed E-state index contributed by atoms with van der Waals surface area (Å²) < 4.78 is 24.5. The summed E-state index contributed by atoms with van der Waals surface area (Å²) in [4.78, 5) is 0.383. The van der Waals surface area contributed by atoms with Crippen molar-refractivity contribution in [1.29, 1.82) is 0 Å². The van der Waals surface area contributed by atoms with Crippen molar-refractivity contribution in [3.63, 3.8) is 0 Å². The molecule has 2 rings (SSSR count). The van der Waals surface area contributed by atoms with Crippen molar-refractivity contribution in [3.05, 3.63) is 22.7 Å². The van der Waals surface area contributed by atoms with E-state index in [0.29, 0.717) is 17.1 Å². The molecule has 1 aromatic rings. The van der Waals surface area contributed by atoms with Crippen molar-refractivity contribution < 1.29 is 8.42 Å². The van der Waals surface area contributed by atoms with E-state index in [4.69, 9.17) is 0 Å². The molecule has 0 atom stereocenters. The Balaban J connectivity index is 2.75. The Morgan fingerprint density at radius 2 is 2.07 bits per heavy atom. The van der Waals surface area contributed by atoms with Gasteiger partial charge in [-0.3, -0.25) is 0 Å². The van der Waals surface area contributed by atoms with E-state index >= 15 is 0 Å². The lowest BCUT2D eigenvalue weighted by molar-refractivity contribution is 0.548. The first-order valence-corrected chi connectivity index (χ1v) is 6.91. The van der Waals surface area contributed by atoms with Gasteiger partial charge < -0.3 is 5.32 Å². The minimum absolute atomic E-state index is 0.383. The summed E-state index contributed by atoms with van der Waals surface area (Å²) in [6, 6.07) is 5.21. The molecular weight excluding hydrogens is 278 g/mol. The number of rotatable bonds is 0. The number of hydrogen-bond acceptors (Lipinski definition) is 3. The van der Waals surface area contributed by atoms with E-state index in [2.05, 4.69) is 21.2 Å². The topological polar surface area (TPSA) is 46.2 Å². The standard InChI is InChI=1S/C10H12BrNO2S/c1-10(2)6-12-9-7(11)4-3-5-8(9)15(10,13)14/h3-5,12H,6H2,1-2H3. The summed E-state index contributed by atoms with van der Waals surface area (Å²) in [7, 11) is -3.24. The average Bonchev–Trinajstić information content (AvgIpc) is 2.13. The molecule has 0 amide bonds. The molecule has 1 aliphatic rings. The monoisotopic (exact) mass is 289 g/mol. The average molecular weight is 290 g/mol. The normalized spacial score (nSPS) is 21.5. The van der Waals surface area contributed by atoms with Gasteiger partial charge in [-0.2, -0.15) is 0 Å². The van der Waals surface area contributed by atoms with Crippen molar-refractivity contribution in [2.24, 2.45) is 0 Å². The molecule has 0 saturated heterocycles. The van der Waals surface area contributed by atoms with Crippen molar-refractivity contribution in [3.8, 4) is 0 Å². The maximum atomic E-state index is 12.2. The fraction of sp³-hybridized carbons (Fsp3) is 0.400. The number of fused-ring (bicyclic) bond motifs is 1. The molecule has 0 fully saturated rings. The predicted molar refractivity (Wildman–Crippen MR) is 63.9 cm³/mol. The molecule has 82 valence electrons. The molecular formula is C10H12BrNO2S. The van der Waals surface area contributed by atoms with Crippen molar-refractivity contribution in [2.45, 2.75) is 23.5 Å². The minimum Gasteiger partial charge on any atom is -0.381 e. The molecule has 0 unspecified atom stereocenters. The fourth-order valence-electron chi connectivity index (χ4n) is 1.59. The highest BCUT2D eigenvalue weighted by Crippen LogP contribution is 2.39. The van der Waals surface area contributed by atoms with E-state index in [-0.39, 0.29) is 0 Å². The zero-order chi connectivity index (χ0) is 11.3. The smallest absolute Gasteiger partial charge is 0.187 e. The zero-order valence-electron chi connectivity index (χ0n) is 8.54. The van der Waals surface area contributed by atoms with Crippen LogP contribution in [0.4, 0.5) is 5.69 Å². The molecule has 1 aromatic carbocycles. The lowest BCUT2D eigenvalue weighted by Gasteiger charge is -2.32. The van der Waals surface area contributed by atoms with Crippen LogP contribution in [-0.2, 0) is 9.84 Å². The highest BCUT2D eigenvalue weighted by atomic mass is 79.9. The van der Waals surface area contributed by atoms with Gasteiger partial charge in [-0.1, -0.05) is 6.07 Å². The summed E-state index contributed by atoms with van der Waals surface area (Å²) in [6.07, 6.45) is 0. The lowest BCUT2D eigenvalue weighted by Crippen LogP contribution is -2.43. The number of para-hydroxylation sites is 1. The summed E-state index contributed by atoms with van der Waals surface area (Å²) in [6.45, 7) is 3.91.